The van der Waals surface area contributed by atoms with Crippen LogP contribution in [0.4, 0.5) is 5.69 Å². The van der Waals surface area contributed by atoms with E-state index in [2.05, 4.69) is 10.3 Å². The molecule has 158 valence electrons. The van der Waals surface area contributed by atoms with Crippen molar-refractivity contribution in [1.82, 2.24) is 10.3 Å². The maximum Gasteiger partial charge on any atom is 0.312 e. The fourth-order valence-electron chi connectivity index (χ4n) is 3.38. The van der Waals surface area contributed by atoms with Crippen LogP contribution in [-0.4, -0.2) is 23.1 Å². The number of pyridine rings is 1. The number of hydrogen-bond acceptors (Lipinski definition) is 8. The molecule has 0 unspecified atom stereocenters. The summed E-state index contributed by atoms with van der Waals surface area (Å²) in [6.45, 7) is 0. The number of anilines is 1. The number of carbonyl (C=O) groups excluding carboxylic acids is 1. The number of nitrogen functional groups attached to an aromatic ring is 1. The first-order valence-electron chi connectivity index (χ1n) is 9.59. The van der Waals surface area contributed by atoms with Gasteiger partial charge in [-0.05, 0) is 41.1 Å². The zero-order valence-corrected chi connectivity index (χ0v) is 17.6. The highest BCUT2D eigenvalue weighted by Crippen LogP contribution is 2.36. The van der Waals surface area contributed by atoms with Gasteiger partial charge in [0, 0.05) is 23.1 Å². The lowest BCUT2D eigenvalue weighted by molar-refractivity contribution is -0.672. The molecule has 9 heteroatoms. The Morgan fingerprint density at radius 1 is 1.09 bits per heavy atom. The van der Waals surface area contributed by atoms with Crippen LogP contribution in [0, 0.1) is 0 Å². The summed E-state index contributed by atoms with van der Waals surface area (Å²) in [5, 5.41) is 16.7. The van der Waals surface area contributed by atoms with Crippen LogP contribution in [0.1, 0.15) is 15.4 Å². The van der Waals surface area contributed by atoms with Crippen molar-refractivity contribution in [2.24, 2.45) is 0 Å². The number of ether oxygens (including phenoxy) is 1. The Morgan fingerprint density at radius 3 is 2.56 bits per heavy atom. The molecular weight excluding hydrogens is 428 g/mol. The Morgan fingerprint density at radius 2 is 1.84 bits per heavy atom. The van der Waals surface area contributed by atoms with Crippen molar-refractivity contribution >= 4 is 33.0 Å². The molecule has 0 saturated heterocycles. The van der Waals surface area contributed by atoms with Gasteiger partial charge in [0.15, 0.2) is 5.95 Å². The molecule has 5 aromatic rings. The summed E-state index contributed by atoms with van der Waals surface area (Å²) < 4.78 is 11.2. The standard InChI is InChI=1S/C23H16N4O4S/c1-30-15-9-7-13(8-10-15)17-12-11-16-18(24)21(32-22(16)25-17)20(28)19-23(29)31-26-27(19)14-5-3-2-4-6-14/h2-12H,1H3,(H2-,24,26,28,29). The van der Waals surface area contributed by atoms with Gasteiger partial charge in [-0.2, -0.15) is 0 Å². The van der Waals surface area contributed by atoms with Gasteiger partial charge in [0.2, 0.25) is 5.69 Å². The predicted molar refractivity (Wildman–Crippen MR) is 117 cm³/mol. The first-order valence-corrected chi connectivity index (χ1v) is 10.4. The fraction of sp³-hybridized carbons (Fsp3) is 0.0435. The maximum absolute atomic E-state index is 13.3. The van der Waals surface area contributed by atoms with Crippen LogP contribution >= 0.6 is 11.3 Å². The van der Waals surface area contributed by atoms with Gasteiger partial charge < -0.3 is 20.1 Å². The van der Waals surface area contributed by atoms with Gasteiger partial charge in [0.05, 0.1) is 23.8 Å². The molecule has 32 heavy (non-hydrogen) atoms. The summed E-state index contributed by atoms with van der Waals surface area (Å²) in [5.41, 5.74) is 8.49. The summed E-state index contributed by atoms with van der Waals surface area (Å²) >= 11 is 1.13. The van der Waals surface area contributed by atoms with Crippen molar-refractivity contribution in [3.63, 3.8) is 0 Å². The number of fused-ring (bicyclic) bond motifs is 1. The Bertz CT molecular complexity index is 1440. The molecule has 5 rings (SSSR count). The van der Waals surface area contributed by atoms with Crippen LogP contribution in [0.3, 0.4) is 0 Å². The molecule has 0 spiro atoms. The number of methoxy groups -OCH3 is 1. The number of thiophene rings is 1. The van der Waals surface area contributed by atoms with E-state index in [4.69, 9.17) is 15.0 Å². The summed E-state index contributed by atoms with van der Waals surface area (Å²) in [6, 6.07) is 20.0. The Balaban J connectivity index is 1.57. The summed E-state index contributed by atoms with van der Waals surface area (Å²) in [6.07, 6.45) is 0. The van der Waals surface area contributed by atoms with E-state index in [9.17, 15) is 9.90 Å². The van der Waals surface area contributed by atoms with Gasteiger partial charge in [-0.25, -0.2) is 4.98 Å². The van der Waals surface area contributed by atoms with E-state index < -0.39 is 11.7 Å². The van der Waals surface area contributed by atoms with E-state index in [1.165, 1.54) is 4.68 Å². The van der Waals surface area contributed by atoms with Gasteiger partial charge in [-0.15, -0.1) is 11.3 Å². The second-order valence-electron chi connectivity index (χ2n) is 6.91. The van der Waals surface area contributed by atoms with Crippen LogP contribution in [0.25, 0.3) is 27.2 Å². The SMILES string of the molecule is COc1ccc(-c2ccc3c(N)c(C(=O)c4c([O-])on[n+]4-c4ccccc4)sc3n2)cc1. The van der Waals surface area contributed by atoms with E-state index in [1.807, 2.05) is 42.5 Å². The number of nitrogens with two attached hydrogens (primary N) is 1. The molecule has 3 heterocycles. The molecular formula is C23H16N4O4S. The summed E-state index contributed by atoms with van der Waals surface area (Å²) in [5.74, 6) is -0.647. The van der Waals surface area contributed by atoms with Crippen molar-refractivity contribution < 1.29 is 23.8 Å². The van der Waals surface area contributed by atoms with Crippen molar-refractivity contribution in [2.45, 2.75) is 0 Å². The van der Waals surface area contributed by atoms with Gasteiger partial charge in [-0.1, -0.05) is 18.2 Å². The lowest BCUT2D eigenvalue weighted by Gasteiger charge is -2.03. The highest BCUT2D eigenvalue weighted by atomic mass is 32.1. The Labute approximate surface area is 186 Å². The normalized spacial score (nSPS) is 11.0. The third-order valence-electron chi connectivity index (χ3n) is 5.01. The highest BCUT2D eigenvalue weighted by molar-refractivity contribution is 7.21. The Kier molecular flexibility index (Phi) is 4.79. The molecule has 8 nitrogen and oxygen atoms in total. The second kappa shape index (κ2) is 7.78. The number of hydrogen-bond donors (Lipinski definition) is 1. The monoisotopic (exact) mass is 444 g/mol. The summed E-state index contributed by atoms with van der Waals surface area (Å²) in [4.78, 5) is 18.8. The van der Waals surface area contributed by atoms with Crippen LogP contribution in [-0.2, 0) is 0 Å². The molecule has 0 atom stereocenters. The second-order valence-corrected chi connectivity index (χ2v) is 7.91. The molecule has 0 amide bonds. The van der Waals surface area contributed by atoms with Crippen LogP contribution in [0.2, 0.25) is 0 Å². The molecule has 3 aromatic heterocycles. The van der Waals surface area contributed by atoms with E-state index in [0.717, 1.165) is 28.3 Å². The zero-order valence-electron chi connectivity index (χ0n) is 16.8. The number of aromatic nitrogens is 3. The average molecular weight is 444 g/mol. The number of carbonyl (C=O) groups is 1. The third kappa shape index (κ3) is 3.25. The van der Waals surface area contributed by atoms with Crippen molar-refractivity contribution in [3.8, 4) is 28.6 Å². The minimum Gasteiger partial charge on any atom is -0.539 e. The molecule has 0 radical (unpaired) electrons. The quantitative estimate of drug-likeness (QED) is 0.327. The van der Waals surface area contributed by atoms with Crippen LogP contribution in [0.15, 0.2) is 71.3 Å². The molecule has 0 aliphatic heterocycles. The first-order chi connectivity index (χ1) is 15.6. The third-order valence-corrected chi connectivity index (χ3v) is 6.13. The molecule has 0 fully saturated rings. The number of rotatable bonds is 5. The highest BCUT2D eigenvalue weighted by Gasteiger charge is 2.32. The molecule has 0 saturated carbocycles. The van der Waals surface area contributed by atoms with Gasteiger partial charge in [-0.3, -0.25) is 4.79 Å². The molecule has 0 aliphatic rings. The van der Waals surface area contributed by atoms with Gasteiger partial charge in [0.25, 0.3) is 5.78 Å². The predicted octanol–water partition coefficient (Wildman–Crippen LogP) is 3.12. The van der Waals surface area contributed by atoms with Crippen molar-refractivity contribution in [1.29, 1.82) is 0 Å². The van der Waals surface area contributed by atoms with Crippen molar-refractivity contribution in [3.05, 3.63) is 77.3 Å². The number of benzene rings is 2. The van der Waals surface area contributed by atoms with Crippen molar-refractivity contribution in [2.75, 3.05) is 12.8 Å². The zero-order chi connectivity index (χ0) is 22.2. The number of nitrogens with zero attached hydrogens (tertiary/aromatic N) is 3. The topological polar surface area (TPSA) is 118 Å². The van der Waals surface area contributed by atoms with E-state index in [1.54, 1.807) is 31.4 Å². The molecule has 2 aromatic carbocycles. The van der Waals surface area contributed by atoms with Gasteiger partial charge in [0.1, 0.15) is 15.5 Å². The number of para-hydroxylation sites is 1. The summed E-state index contributed by atoms with van der Waals surface area (Å²) in [7, 11) is 1.61. The largest absolute Gasteiger partial charge is 0.539 e. The first kappa shape index (κ1) is 19.7. The molecule has 2 N–H and O–H groups in total. The lowest BCUT2D eigenvalue weighted by Crippen LogP contribution is -2.39. The van der Waals surface area contributed by atoms with E-state index in [0.29, 0.717) is 15.9 Å². The maximum atomic E-state index is 13.3. The van der Waals surface area contributed by atoms with Crippen LogP contribution in [0.5, 0.6) is 11.7 Å². The van der Waals surface area contributed by atoms with Gasteiger partial charge >= 0.3 is 5.69 Å². The fourth-order valence-corrected chi connectivity index (χ4v) is 4.41. The molecule has 0 aliphatic carbocycles. The van der Waals surface area contributed by atoms with E-state index in [-0.39, 0.29) is 16.3 Å². The van der Waals surface area contributed by atoms with Crippen LogP contribution < -0.4 is 20.3 Å². The lowest BCUT2D eigenvalue weighted by atomic mass is 10.1. The minimum atomic E-state index is -0.831. The average Bonchev–Trinajstić information content (AvgIpc) is 3.39. The number of ketones is 1. The van der Waals surface area contributed by atoms with E-state index >= 15 is 0 Å². The smallest absolute Gasteiger partial charge is 0.312 e. The minimum absolute atomic E-state index is 0.212. The Hall–Kier alpha value is -4.24. The molecule has 0 bridgehead atoms.